The van der Waals surface area contributed by atoms with Crippen LogP contribution in [0.1, 0.15) is 23.2 Å². The summed E-state index contributed by atoms with van der Waals surface area (Å²) in [5, 5.41) is 0. The molecule has 1 heterocycles. The van der Waals surface area contributed by atoms with Gasteiger partial charge in [-0.1, -0.05) is 0 Å². The first kappa shape index (κ1) is 9.64. The van der Waals surface area contributed by atoms with Gasteiger partial charge in [0.2, 0.25) is 0 Å². The maximum Gasteiger partial charge on any atom is 0.272 e. The van der Waals surface area contributed by atoms with E-state index in [9.17, 15) is 4.79 Å². The van der Waals surface area contributed by atoms with Gasteiger partial charge in [-0.2, -0.15) is 0 Å². The van der Waals surface area contributed by atoms with Crippen molar-refractivity contribution in [1.82, 2.24) is 14.9 Å². The molecule has 0 aromatic carbocycles. The first-order chi connectivity index (χ1) is 6.15. The number of hydrogen-bond donors (Lipinski definition) is 0. The number of nitrogens with zero attached hydrogens (tertiary/aromatic N) is 3. The summed E-state index contributed by atoms with van der Waals surface area (Å²) in [4.78, 5) is 21.1. The van der Waals surface area contributed by atoms with E-state index in [0.717, 1.165) is 0 Å². The Bertz CT molecular complexity index is 311. The number of aryl methyl sites for hydroxylation is 1. The van der Waals surface area contributed by atoms with Crippen LogP contribution >= 0.6 is 0 Å². The summed E-state index contributed by atoms with van der Waals surface area (Å²) in [6.45, 7) is 4.37. The molecule has 0 N–H and O–H groups in total. The summed E-state index contributed by atoms with van der Waals surface area (Å²) in [6.07, 6.45) is 1.60. The Morgan fingerprint density at radius 2 is 2.31 bits per heavy atom. The molecule has 1 rings (SSSR count). The van der Waals surface area contributed by atoms with Crippen molar-refractivity contribution in [2.75, 3.05) is 13.6 Å². The van der Waals surface area contributed by atoms with Crippen LogP contribution in [0.2, 0.25) is 0 Å². The van der Waals surface area contributed by atoms with Crippen LogP contribution in [0.4, 0.5) is 0 Å². The third-order valence-corrected chi connectivity index (χ3v) is 1.82. The summed E-state index contributed by atoms with van der Waals surface area (Å²) in [6, 6.07) is 1.63. The van der Waals surface area contributed by atoms with Gasteiger partial charge in [0.05, 0.1) is 0 Å². The number of carbonyl (C=O) groups is 1. The van der Waals surface area contributed by atoms with Gasteiger partial charge in [-0.05, 0) is 19.9 Å². The van der Waals surface area contributed by atoms with Crippen molar-refractivity contribution in [1.29, 1.82) is 0 Å². The van der Waals surface area contributed by atoms with Crippen molar-refractivity contribution in [3.05, 3.63) is 23.8 Å². The Morgan fingerprint density at radius 1 is 1.62 bits per heavy atom. The van der Waals surface area contributed by atoms with Gasteiger partial charge in [-0.25, -0.2) is 9.97 Å². The maximum absolute atomic E-state index is 11.6. The first-order valence-corrected chi connectivity index (χ1v) is 4.20. The van der Waals surface area contributed by atoms with Gasteiger partial charge < -0.3 is 4.90 Å². The van der Waals surface area contributed by atoms with Gasteiger partial charge in [-0.15, -0.1) is 0 Å². The molecule has 0 spiro atoms. The zero-order chi connectivity index (χ0) is 9.84. The Kier molecular flexibility index (Phi) is 2.95. The summed E-state index contributed by atoms with van der Waals surface area (Å²) < 4.78 is 0. The van der Waals surface area contributed by atoms with Crippen LogP contribution in [0.15, 0.2) is 12.3 Å². The standard InChI is InChI=1S/C9H13N3O/c1-4-12(3)9(13)8-5-6-10-7(2)11-8/h5-6H,4H2,1-3H3. The normalized spacial score (nSPS) is 9.77. The van der Waals surface area contributed by atoms with E-state index in [-0.39, 0.29) is 5.91 Å². The van der Waals surface area contributed by atoms with E-state index in [1.54, 1.807) is 31.1 Å². The van der Waals surface area contributed by atoms with E-state index in [4.69, 9.17) is 0 Å². The van der Waals surface area contributed by atoms with Crippen LogP contribution in [0.3, 0.4) is 0 Å². The molecule has 0 radical (unpaired) electrons. The van der Waals surface area contributed by atoms with Crippen molar-refractivity contribution < 1.29 is 4.79 Å². The highest BCUT2D eigenvalue weighted by atomic mass is 16.2. The Balaban J connectivity index is 2.89. The SMILES string of the molecule is CCN(C)C(=O)c1ccnc(C)n1. The summed E-state index contributed by atoms with van der Waals surface area (Å²) in [7, 11) is 1.75. The quantitative estimate of drug-likeness (QED) is 0.677. The largest absolute Gasteiger partial charge is 0.341 e. The lowest BCUT2D eigenvalue weighted by Crippen LogP contribution is -2.27. The van der Waals surface area contributed by atoms with E-state index in [2.05, 4.69) is 9.97 Å². The fourth-order valence-electron chi connectivity index (χ4n) is 0.914. The van der Waals surface area contributed by atoms with Gasteiger partial charge in [0.25, 0.3) is 5.91 Å². The number of rotatable bonds is 2. The third kappa shape index (κ3) is 2.24. The molecule has 0 unspecified atom stereocenters. The second-order valence-corrected chi connectivity index (χ2v) is 2.81. The molecule has 0 saturated carbocycles. The van der Waals surface area contributed by atoms with E-state index in [0.29, 0.717) is 18.1 Å². The van der Waals surface area contributed by atoms with Crippen molar-refractivity contribution in [2.24, 2.45) is 0 Å². The lowest BCUT2D eigenvalue weighted by atomic mass is 10.3. The average Bonchev–Trinajstić information content (AvgIpc) is 2.15. The van der Waals surface area contributed by atoms with Crippen molar-refractivity contribution in [3.8, 4) is 0 Å². The predicted molar refractivity (Wildman–Crippen MR) is 49.4 cm³/mol. The molecule has 70 valence electrons. The molecule has 4 heteroatoms. The first-order valence-electron chi connectivity index (χ1n) is 4.20. The highest BCUT2D eigenvalue weighted by Gasteiger charge is 2.10. The molecule has 1 aromatic rings. The summed E-state index contributed by atoms with van der Waals surface area (Å²) >= 11 is 0. The van der Waals surface area contributed by atoms with Gasteiger partial charge in [0.15, 0.2) is 0 Å². The lowest BCUT2D eigenvalue weighted by Gasteiger charge is -2.13. The fraction of sp³-hybridized carbons (Fsp3) is 0.444. The van der Waals surface area contributed by atoms with Crippen LogP contribution < -0.4 is 0 Å². The Hall–Kier alpha value is -1.45. The van der Waals surface area contributed by atoms with E-state index in [1.165, 1.54) is 0 Å². The average molecular weight is 179 g/mol. The molecular weight excluding hydrogens is 166 g/mol. The number of carbonyl (C=O) groups excluding carboxylic acids is 1. The van der Waals surface area contributed by atoms with Crippen molar-refractivity contribution in [2.45, 2.75) is 13.8 Å². The summed E-state index contributed by atoms with van der Waals surface area (Å²) in [5.74, 6) is 0.559. The molecule has 1 amide bonds. The molecule has 0 aliphatic rings. The number of amides is 1. The van der Waals surface area contributed by atoms with Crippen molar-refractivity contribution >= 4 is 5.91 Å². The van der Waals surface area contributed by atoms with Crippen LogP contribution in [0.5, 0.6) is 0 Å². The molecule has 0 aliphatic heterocycles. The molecule has 0 aliphatic carbocycles. The number of hydrogen-bond acceptors (Lipinski definition) is 3. The molecule has 0 bridgehead atoms. The Labute approximate surface area is 77.6 Å². The molecule has 0 fully saturated rings. The van der Waals surface area contributed by atoms with E-state index in [1.807, 2.05) is 6.92 Å². The number of aromatic nitrogens is 2. The second kappa shape index (κ2) is 3.98. The molecule has 1 aromatic heterocycles. The highest BCUT2D eigenvalue weighted by molar-refractivity contribution is 5.91. The predicted octanol–water partition coefficient (Wildman–Crippen LogP) is 0.877. The van der Waals surface area contributed by atoms with Crippen molar-refractivity contribution in [3.63, 3.8) is 0 Å². The zero-order valence-electron chi connectivity index (χ0n) is 8.11. The zero-order valence-corrected chi connectivity index (χ0v) is 8.11. The topological polar surface area (TPSA) is 46.1 Å². The van der Waals surface area contributed by atoms with Crippen LogP contribution in [0, 0.1) is 6.92 Å². The maximum atomic E-state index is 11.6. The molecular formula is C9H13N3O. The fourth-order valence-corrected chi connectivity index (χ4v) is 0.914. The smallest absolute Gasteiger partial charge is 0.272 e. The van der Waals surface area contributed by atoms with Gasteiger partial charge in [0, 0.05) is 19.8 Å². The summed E-state index contributed by atoms with van der Waals surface area (Å²) in [5.41, 5.74) is 0.455. The molecule has 4 nitrogen and oxygen atoms in total. The monoisotopic (exact) mass is 179 g/mol. The third-order valence-electron chi connectivity index (χ3n) is 1.82. The van der Waals surface area contributed by atoms with Crippen LogP contribution in [-0.2, 0) is 0 Å². The Morgan fingerprint density at radius 3 is 2.85 bits per heavy atom. The lowest BCUT2D eigenvalue weighted by molar-refractivity contribution is 0.0796. The van der Waals surface area contributed by atoms with Crippen LogP contribution in [0.25, 0.3) is 0 Å². The minimum Gasteiger partial charge on any atom is -0.341 e. The van der Waals surface area contributed by atoms with E-state index >= 15 is 0 Å². The van der Waals surface area contributed by atoms with Gasteiger partial charge in [-0.3, -0.25) is 4.79 Å². The van der Waals surface area contributed by atoms with E-state index < -0.39 is 0 Å². The van der Waals surface area contributed by atoms with Crippen LogP contribution in [-0.4, -0.2) is 34.4 Å². The highest BCUT2D eigenvalue weighted by Crippen LogP contribution is 1.99. The molecule has 0 atom stereocenters. The molecule has 13 heavy (non-hydrogen) atoms. The minimum atomic E-state index is -0.0620. The minimum absolute atomic E-state index is 0.0620. The van der Waals surface area contributed by atoms with Gasteiger partial charge >= 0.3 is 0 Å². The second-order valence-electron chi connectivity index (χ2n) is 2.81. The molecule has 0 saturated heterocycles. The van der Waals surface area contributed by atoms with Gasteiger partial charge in [0.1, 0.15) is 11.5 Å².